The van der Waals surface area contributed by atoms with Gasteiger partial charge < -0.3 is 5.73 Å². The number of benzene rings is 1. The average molecular weight is 327 g/mol. The number of rotatable bonds is 3. The number of halogens is 2. The normalized spacial score (nSPS) is 12.4. The first-order valence-corrected chi connectivity index (χ1v) is 7.01. The third-order valence-corrected chi connectivity index (χ3v) is 3.87. The van der Waals surface area contributed by atoms with Crippen LogP contribution in [-0.2, 0) is 0 Å². The summed E-state index contributed by atoms with van der Waals surface area (Å²) in [5.41, 5.74) is 6.50. The summed E-state index contributed by atoms with van der Waals surface area (Å²) in [6, 6.07) is 8.62. The second-order valence-corrected chi connectivity index (χ2v) is 5.87. The van der Waals surface area contributed by atoms with E-state index in [4.69, 9.17) is 5.73 Å². The molecule has 0 aliphatic carbocycles. The van der Waals surface area contributed by atoms with Crippen LogP contribution in [0.4, 0.5) is 4.39 Å². The lowest BCUT2D eigenvalue weighted by Crippen LogP contribution is -2.05. The summed E-state index contributed by atoms with van der Waals surface area (Å²) in [4.78, 5) is 4.75. The van der Waals surface area contributed by atoms with E-state index in [1.807, 2.05) is 25.1 Å². The highest BCUT2D eigenvalue weighted by molar-refractivity contribution is 9.10. The Hall–Kier alpha value is -0.910. The van der Waals surface area contributed by atoms with E-state index in [0.717, 1.165) is 15.1 Å². The van der Waals surface area contributed by atoms with Crippen molar-refractivity contribution in [2.24, 2.45) is 5.73 Å². The highest BCUT2D eigenvalue weighted by Gasteiger charge is 2.08. The Balaban J connectivity index is 2.22. The number of pyridine rings is 1. The van der Waals surface area contributed by atoms with Crippen molar-refractivity contribution in [2.45, 2.75) is 22.9 Å². The molecule has 1 heterocycles. The van der Waals surface area contributed by atoms with Crippen LogP contribution in [-0.4, -0.2) is 4.98 Å². The SMILES string of the molecule is CC(N)c1ccc(Sc2ccc(Br)cn2)c(F)c1. The Kier molecular flexibility index (Phi) is 4.37. The summed E-state index contributed by atoms with van der Waals surface area (Å²) in [5.74, 6) is -0.264. The maximum Gasteiger partial charge on any atom is 0.137 e. The molecule has 1 atom stereocenters. The third kappa shape index (κ3) is 3.31. The molecule has 18 heavy (non-hydrogen) atoms. The molecule has 2 N–H and O–H groups in total. The summed E-state index contributed by atoms with van der Waals surface area (Å²) in [5, 5.41) is 0.755. The van der Waals surface area contributed by atoms with Crippen LogP contribution in [0.15, 0.2) is 50.9 Å². The minimum Gasteiger partial charge on any atom is -0.324 e. The zero-order valence-corrected chi connectivity index (χ0v) is 12.1. The summed E-state index contributed by atoms with van der Waals surface area (Å²) >= 11 is 4.61. The molecular weight excluding hydrogens is 315 g/mol. The Bertz CT molecular complexity index is 543. The van der Waals surface area contributed by atoms with E-state index in [1.165, 1.54) is 17.8 Å². The molecule has 0 fully saturated rings. The maximum absolute atomic E-state index is 13.9. The molecule has 0 saturated carbocycles. The Morgan fingerprint density at radius 1 is 1.33 bits per heavy atom. The molecule has 2 aromatic rings. The molecule has 2 rings (SSSR count). The molecular formula is C13H12BrFN2S. The predicted molar refractivity (Wildman–Crippen MR) is 75.1 cm³/mol. The molecule has 1 aromatic heterocycles. The average Bonchev–Trinajstić information content (AvgIpc) is 2.34. The van der Waals surface area contributed by atoms with Crippen LogP contribution >= 0.6 is 27.7 Å². The fourth-order valence-electron chi connectivity index (χ4n) is 1.42. The van der Waals surface area contributed by atoms with Crippen molar-refractivity contribution in [3.05, 3.63) is 52.4 Å². The molecule has 0 saturated heterocycles. The Labute approximate surface area is 118 Å². The van der Waals surface area contributed by atoms with Gasteiger partial charge in [0.05, 0.1) is 0 Å². The van der Waals surface area contributed by atoms with Crippen LogP contribution in [0.2, 0.25) is 0 Å². The lowest BCUT2D eigenvalue weighted by molar-refractivity contribution is 0.596. The molecule has 0 radical (unpaired) electrons. The summed E-state index contributed by atoms with van der Waals surface area (Å²) in [6.07, 6.45) is 1.69. The highest BCUT2D eigenvalue weighted by Crippen LogP contribution is 2.30. The van der Waals surface area contributed by atoms with Gasteiger partial charge in [-0.05, 0) is 52.7 Å². The van der Waals surface area contributed by atoms with E-state index in [-0.39, 0.29) is 11.9 Å². The first kappa shape index (κ1) is 13.5. The molecule has 0 spiro atoms. The van der Waals surface area contributed by atoms with E-state index in [1.54, 1.807) is 12.3 Å². The van der Waals surface area contributed by atoms with Crippen molar-refractivity contribution in [3.63, 3.8) is 0 Å². The van der Waals surface area contributed by atoms with Gasteiger partial charge in [0, 0.05) is 21.6 Å². The van der Waals surface area contributed by atoms with Crippen LogP contribution in [0, 0.1) is 5.82 Å². The van der Waals surface area contributed by atoms with Crippen molar-refractivity contribution in [1.82, 2.24) is 4.98 Å². The summed E-state index contributed by atoms with van der Waals surface area (Å²) in [7, 11) is 0. The van der Waals surface area contributed by atoms with Gasteiger partial charge >= 0.3 is 0 Å². The number of hydrogen-bond donors (Lipinski definition) is 1. The van der Waals surface area contributed by atoms with E-state index < -0.39 is 0 Å². The van der Waals surface area contributed by atoms with Crippen LogP contribution in [0.3, 0.4) is 0 Å². The second-order valence-electron chi connectivity index (χ2n) is 3.90. The van der Waals surface area contributed by atoms with E-state index in [0.29, 0.717) is 4.90 Å². The molecule has 0 aliphatic rings. The van der Waals surface area contributed by atoms with Gasteiger partial charge in [-0.1, -0.05) is 17.8 Å². The lowest BCUT2D eigenvalue weighted by Gasteiger charge is -2.08. The van der Waals surface area contributed by atoms with Crippen molar-refractivity contribution < 1.29 is 4.39 Å². The number of aromatic nitrogens is 1. The monoisotopic (exact) mass is 326 g/mol. The Morgan fingerprint density at radius 3 is 2.67 bits per heavy atom. The highest BCUT2D eigenvalue weighted by atomic mass is 79.9. The standard InChI is InChI=1S/C13H12BrFN2S/c1-8(16)9-2-4-12(11(15)6-9)18-13-5-3-10(14)7-17-13/h2-8H,16H2,1H3. The van der Waals surface area contributed by atoms with Crippen LogP contribution < -0.4 is 5.73 Å². The Morgan fingerprint density at radius 2 is 2.11 bits per heavy atom. The minimum absolute atomic E-state index is 0.163. The first-order valence-electron chi connectivity index (χ1n) is 5.40. The van der Waals surface area contributed by atoms with Gasteiger partial charge in [-0.3, -0.25) is 0 Å². The molecule has 0 aliphatic heterocycles. The van der Waals surface area contributed by atoms with Gasteiger partial charge in [-0.2, -0.15) is 0 Å². The van der Waals surface area contributed by atoms with Crippen molar-refractivity contribution in [2.75, 3.05) is 0 Å². The van der Waals surface area contributed by atoms with Crippen LogP contribution in [0.25, 0.3) is 0 Å². The fourth-order valence-corrected chi connectivity index (χ4v) is 2.41. The van der Waals surface area contributed by atoms with Gasteiger partial charge in [0.2, 0.25) is 0 Å². The second kappa shape index (κ2) is 5.82. The van der Waals surface area contributed by atoms with Gasteiger partial charge in [-0.15, -0.1) is 0 Å². The van der Waals surface area contributed by atoms with Crippen molar-refractivity contribution >= 4 is 27.7 Å². The van der Waals surface area contributed by atoms with Crippen molar-refractivity contribution in [1.29, 1.82) is 0 Å². The molecule has 0 bridgehead atoms. The zero-order chi connectivity index (χ0) is 13.1. The number of nitrogens with two attached hydrogens (primary N) is 1. The third-order valence-electron chi connectivity index (χ3n) is 2.40. The molecule has 94 valence electrons. The van der Waals surface area contributed by atoms with Gasteiger partial charge in [0.25, 0.3) is 0 Å². The predicted octanol–water partition coefficient (Wildman–Crippen LogP) is 4.15. The fraction of sp³-hybridized carbons (Fsp3) is 0.154. The van der Waals surface area contributed by atoms with E-state index in [9.17, 15) is 4.39 Å². The van der Waals surface area contributed by atoms with Crippen LogP contribution in [0.1, 0.15) is 18.5 Å². The molecule has 2 nitrogen and oxygen atoms in total. The quantitative estimate of drug-likeness (QED) is 0.920. The summed E-state index contributed by atoms with van der Waals surface area (Å²) in [6.45, 7) is 1.83. The lowest BCUT2D eigenvalue weighted by atomic mass is 10.1. The zero-order valence-electron chi connectivity index (χ0n) is 9.73. The van der Waals surface area contributed by atoms with E-state index in [2.05, 4.69) is 20.9 Å². The molecule has 0 amide bonds. The van der Waals surface area contributed by atoms with Gasteiger partial charge in [-0.25, -0.2) is 9.37 Å². The smallest absolute Gasteiger partial charge is 0.137 e. The van der Waals surface area contributed by atoms with E-state index >= 15 is 0 Å². The largest absolute Gasteiger partial charge is 0.324 e. The minimum atomic E-state index is -0.264. The molecule has 5 heteroatoms. The molecule has 1 unspecified atom stereocenters. The van der Waals surface area contributed by atoms with Gasteiger partial charge in [0.15, 0.2) is 0 Å². The van der Waals surface area contributed by atoms with Crippen LogP contribution in [0.5, 0.6) is 0 Å². The summed E-state index contributed by atoms with van der Waals surface area (Å²) < 4.78 is 14.8. The number of hydrogen-bond acceptors (Lipinski definition) is 3. The van der Waals surface area contributed by atoms with Gasteiger partial charge in [0.1, 0.15) is 10.8 Å². The molecule has 1 aromatic carbocycles. The topological polar surface area (TPSA) is 38.9 Å². The van der Waals surface area contributed by atoms with Crippen molar-refractivity contribution in [3.8, 4) is 0 Å². The number of nitrogens with zero attached hydrogens (tertiary/aromatic N) is 1. The first-order chi connectivity index (χ1) is 8.56. The maximum atomic E-state index is 13.9.